The van der Waals surface area contributed by atoms with Crippen LogP contribution in [0.15, 0.2) is 121 Å². The van der Waals surface area contributed by atoms with Crippen LogP contribution in [-0.2, 0) is 29.1 Å². The average molecular weight is 1000 g/mol. The van der Waals surface area contributed by atoms with Gasteiger partial charge in [0.05, 0.1) is 0 Å². The van der Waals surface area contributed by atoms with Crippen LogP contribution in [0.4, 0.5) is 0 Å². The Hall–Kier alpha value is -7.44. The van der Waals surface area contributed by atoms with Crippen molar-refractivity contribution in [3.05, 3.63) is 233 Å². The third-order valence-electron chi connectivity index (χ3n) is 16.0. The highest BCUT2D eigenvalue weighted by molar-refractivity contribution is 5.68. The quantitative estimate of drug-likeness (QED) is 0.0768. The van der Waals surface area contributed by atoms with Gasteiger partial charge in [0, 0.05) is 29.1 Å². The fourth-order valence-electron chi connectivity index (χ4n) is 10.7. The molecule has 6 N–H and O–H groups in total. The molecule has 0 unspecified atom stereocenters. The monoisotopic (exact) mass is 1000 g/mol. The highest BCUT2D eigenvalue weighted by Crippen LogP contribution is 2.45. The van der Waals surface area contributed by atoms with Crippen LogP contribution in [0.25, 0.3) is 11.1 Å². The Kier molecular flexibility index (Phi) is 15.5. The zero-order valence-electron chi connectivity index (χ0n) is 47.1. The molecular weight excluding hydrogens is 925 g/mol. The maximum Gasteiger partial charge on any atom is 0.122 e. The first-order chi connectivity index (χ1) is 35.0. The number of aryl methyl sites for hydroxylation is 10. The van der Waals surface area contributed by atoms with E-state index in [1.165, 1.54) is 16.7 Å². The summed E-state index contributed by atoms with van der Waals surface area (Å²) in [5, 5.41) is 63.1. The first-order valence-electron chi connectivity index (χ1n) is 26.1. The smallest absolute Gasteiger partial charge is 0.122 e. The SMILES string of the molecule is Cc1cc(C(C)(C)c2cc(C(C)(C)c3cc(C)c(O)c(C)c3)cc(C(C)(C)c3cc(C)c(O)c(C)c3)c2)cc(C)c1O.Cc1cc(Cc2cc(-c3ccccc3)cc(Cc3cc(C)c(O)c(C)c3)c2O)cc(C)c1O. The fourth-order valence-corrected chi connectivity index (χ4v) is 10.7. The Labute approximate surface area is 446 Å². The maximum absolute atomic E-state index is 11.3. The highest BCUT2D eigenvalue weighted by atomic mass is 16.3. The second kappa shape index (κ2) is 21.1. The third-order valence-corrected chi connectivity index (χ3v) is 16.0. The Morgan fingerprint density at radius 1 is 0.267 bits per heavy atom. The number of hydrogen-bond donors (Lipinski definition) is 6. The van der Waals surface area contributed by atoms with Gasteiger partial charge in [0.25, 0.3) is 0 Å². The molecule has 0 bridgehead atoms. The summed E-state index contributed by atoms with van der Waals surface area (Å²) in [7, 11) is 0. The summed E-state index contributed by atoms with van der Waals surface area (Å²) in [5.41, 5.74) is 20.5. The van der Waals surface area contributed by atoms with Crippen LogP contribution in [0.2, 0.25) is 0 Å². The van der Waals surface area contributed by atoms with Gasteiger partial charge in [0.1, 0.15) is 34.5 Å². The van der Waals surface area contributed by atoms with Gasteiger partial charge in [0.2, 0.25) is 0 Å². The van der Waals surface area contributed by atoms with Crippen molar-refractivity contribution < 1.29 is 30.6 Å². The van der Waals surface area contributed by atoms with E-state index in [0.29, 0.717) is 47.3 Å². The van der Waals surface area contributed by atoms with Crippen LogP contribution in [0.5, 0.6) is 34.5 Å². The van der Waals surface area contributed by atoms with Crippen LogP contribution in [0.1, 0.15) is 153 Å². The lowest BCUT2D eigenvalue weighted by molar-refractivity contribution is 0.462. The minimum Gasteiger partial charge on any atom is -0.507 e. The van der Waals surface area contributed by atoms with Crippen LogP contribution >= 0.6 is 0 Å². The highest BCUT2D eigenvalue weighted by Gasteiger charge is 2.34. The number of phenolic OH excluding ortho intramolecular Hbond substituents is 6. The number of benzene rings is 8. The summed E-state index contributed by atoms with van der Waals surface area (Å²) in [5.74, 6) is 1.98. The lowest BCUT2D eigenvalue weighted by Crippen LogP contribution is -2.27. The standard InChI is InChI=1S/C39H48O3.C30H30O3/c1-22-13-28(14-23(2)34(22)40)37(7,8)31-19-32(38(9,10)29-15-24(3)35(41)25(4)16-29)21-33(20-31)39(11,12)30-17-26(5)36(42)27(6)18-30;1-18-10-22(11-19(2)28(18)31)14-26-16-25(24-8-6-5-7-9-24)17-27(30(26)33)15-23-12-20(3)29(32)21(4)13-23/h13-21,40-42H,1-12H3;5-13,16-17,31-33H,14-15H2,1-4H3. The molecule has 6 heteroatoms. The normalized spacial score (nSPS) is 11.9. The lowest BCUT2D eigenvalue weighted by atomic mass is 9.68. The lowest BCUT2D eigenvalue weighted by Gasteiger charge is -2.35. The van der Waals surface area contributed by atoms with Crippen LogP contribution in [0, 0.1) is 69.2 Å². The fraction of sp³-hybridized carbons (Fsp3) is 0.304. The predicted octanol–water partition coefficient (Wildman–Crippen LogP) is 16.5. The summed E-state index contributed by atoms with van der Waals surface area (Å²) in [6.07, 6.45) is 1.13. The molecule has 8 aromatic rings. The van der Waals surface area contributed by atoms with Gasteiger partial charge in [-0.1, -0.05) is 151 Å². The molecule has 0 atom stereocenters. The summed E-state index contributed by atoms with van der Waals surface area (Å²) in [6.45, 7) is 32.9. The van der Waals surface area contributed by atoms with Crippen molar-refractivity contribution in [2.24, 2.45) is 0 Å². The molecule has 0 fully saturated rings. The molecule has 8 aromatic carbocycles. The van der Waals surface area contributed by atoms with Crippen LogP contribution in [-0.4, -0.2) is 30.6 Å². The molecule has 75 heavy (non-hydrogen) atoms. The van der Waals surface area contributed by atoms with Crippen molar-refractivity contribution in [2.75, 3.05) is 0 Å². The summed E-state index contributed by atoms with van der Waals surface area (Å²) < 4.78 is 0. The van der Waals surface area contributed by atoms with E-state index in [2.05, 4.69) is 120 Å². The molecule has 0 saturated carbocycles. The van der Waals surface area contributed by atoms with E-state index in [9.17, 15) is 30.6 Å². The first kappa shape index (κ1) is 55.3. The van der Waals surface area contributed by atoms with Crippen molar-refractivity contribution in [1.29, 1.82) is 0 Å². The van der Waals surface area contributed by atoms with Gasteiger partial charge < -0.3 is 30.6 Å². The molecular formula is C69H78O6. The zero-order chi connectivity index (χ0) is 55.2. The topological polar surface area (TPSA) is 121 Å². The molecule has 0 aliphatic carbocycles. The number of hydrogen-bond acceptors (Lipinski definition) is 6. The molecule has 0 aliphatic rings. The molecule has 0 spiro atoms. The molecule has 8 rings (SSSR count). The van der Waals surface area contributed by atoms with Gasteiger partial charge >= 0.3 is 0 Å². The van der Waals surface area contributed by atoms with Crippen molar-refractivity contribution in [2.45, 2.75) is 140 Å². The second-order valence-corrected chi connectivity index (χ2v) is 23.1. The summed E-state index contributed by atoms with van der Waals surface area (Å²) in [6, 6.07) is 41.8. The number of rotatable bonds is 11. The molecule has 6 nitrogen and oxygen atoms in total. The van der Waals surface area contributed by atoms with Gasteiger partial charge in [-0.05, 0) is 204 Å². The van der Waals surface area contributed by atoms with Crippen molar-refractivity contribution in [3.63, 3.8) is 0 Å². The average Bonchev–Trinajstić information content (AvgIpc) is 3.35. The molecule has 0 aromatic heterocycles. The van der Waals surface area contributed by atoms with Crippen LogP contribution in [0.3, 0.4) is 0 Å². The summed E-state index contributed by atoms with van der Waals surface area (Å²) in [4.78, 5) is 0. The number of aromatic hydroxyl groups is 6. The van der Waals surface area contributed by atoms with Gasteiger partial charge in [-0.3, -0.25) is 0 Å². The Balaban J connectivity index is 0.000000225. The predicted molar refractivity (Wildman–Crippen MR) is 310 cm³/mol. The van der Waals surface area contributed by atoms with Crippen molar-refractivity contribution >= 4 is 0 Å². The minimum atomic E-state index is -0.346. The molecule has 0 aliphatic heterocycles. The van der Waals surface area contributed by atoms with Gasteiger partial charge in [-0.2, -0.15) is 0 Å². The Bertz CT molecular complexity index is 3050. The van der Waals surface area contributed by atoms with E-state index in [0.717, 1.165) is 106 Å². The third kappa shape index (κ3) is 11.3. The van der Waals surface area contributed by atoms with Gasteiger partial charge in [0.15, 0.2) is 0 Å². The van der Waals surface area contributed by atoms with E-state index in [4.69, 9.17) is 0 Å². The van der Waals surface area contributed by atoms with E-state index < -0.39 is 0 Å². The molecule has 0 heterocycles. The van der Waals surface area contributed by atoms with E-state index in [1.807, 2.05) is 112 Å². The zero-order valence-corrected chi connectivity index (χ0v) is 47.1. The molecule has 0 saturated heterocycles. The van der Waals surface area contributed by atoms with Crippen molar-refractivity contribution in [3.8, 4) is 45.6 Å². The minimum absolute atomic E-state index is 0.293. The number of phenols is 6. The van der Waals surface area contributed by atoms with E-state index in [-0.39, 0.29) is 16.2 Å². The van der Waals surface area contributed by atoms with Crippen molar-refractivity contribution in [1.82, 2.24) is 0 Å². The van der Waals surface area contributed by atoms with E-state index in [1.54, 1.807) is 0 Å². The Morgan fingerprint density at radius 3 is 0.747 bits per heavy atom. The summed E-state index contributed by atoms with van der Waals surface area (Å²) >= 11 is 0. The van der Waals surface area contributed by atoms with Crippen LogP contribution < -0.4 is 0 Å². The first-order valence-corrected chi connectivity index (χ1v) is 26.1. The van der Waals surface area contributed by atoms with Gasteiger partial charge in [-0.25, -0.2) is 0 Å². The second-order valence-electron chi connectivity index (χ2n) is 23.1. The molecule has 390 valence electrons. The maximum atomic E-state index is 11.3. The van der Waals surface area contributed by atoms with E-state index >= 15 is 0 Å². The van der Waals surface area contributed by atoms with Gasteiger partial charge in [-0.15, -0.1) is 0 Å². The Morgan fingerprint density at radius 2 is 0.493 bits per heavy atom. The largest absolute Gasteiger partial charge is 0.507 e. The molecule has 0 amide bonds. The molecule has 0 radical (unpaired) electrons.